The van der Waals surface area contributed by atoms with Crippen LogP contribution in [0.2, 0.25) is 0 Å². The summed E-state index contributed by atoms with van der Waals surface area (Å²) in [4.78, 5) is 14.9. The second kappa shape index (κ2) is 10.5. The number of fused-ring (bicyclic) bond motifs is 1. The van der Waals surface area contributed by atoms with E-state index in [0.29, 0.717) is 0 Å². The first kappa shape index (κ1) is 26.0. The Bertz CT molecular complexity index is 1250. The van der Waals surface area contributed by atoms with Gasteiger partial charge in [0.1, 0.15) is 11.9 Å². The van der Waals surface area contributed by atoms with Crippen molar-refractivity contribution in [1.82, 2.24) is 4.90 Å². The van der Waals surface area contributed by atoms with E-state index < -0.39 is 11.4 Å². The van der Waals surface area contributed by atoms with Crippen molar-refractivity contribution < 1.29 is 14.6 Å². The van der Waals surface area contributed by atoms with Gasteiger partial charge >= 0.3 is 5.97 Å². The molecule has 0 radical (unpaired) electrons. The molecule has 1 aliphatic heterocycles. The summed E-state index contributed by atoms with van der Waals surface area (Å²) in [6, 6.07) is 21.2. The molecular formula is C32H39NO3. The number of carbonyl (C=O) groups is 1. The Kier molecular flexibility index (Phi) is 7.56. The highest BCUT2D eigenvalue weighted by atomic mass is 16.5. The van der Waals surface area contributed by atoms with Gasteiger partial charge in [0.15, 0.2) is 0 Å². The van der Waals surface area contributed by atoms with Gasteiger partial charge in [0.05, 0.1) is 5.41 Å². The number of carboxylic acids is 1. The molecule has 4 nitrogen and oxygen atoms in total. The van der Waals surface area contributed by atoms with Gasteiger partial charge in [-0.25, -0.2) is 0 Å². The van der Waals surface area contributed by atoms with E-state index in [1.165, 1.54) is 22.3 Å². The molecule has 36 heavy (non-hydrogen) atoms. The molecule has 0 saturated heterocycles. The van der Waals surface area contributed by atoms with Crippen LogP contribution in [0.3, 0.4) is 0 Å². The Hall–Kier alpha value is -3.11. The SMILES string of the molecule is CC[C@@H]1CN(Cc2cc(C(c3ccc(C)cc3C)C(C)(C)C(=O)O)ccc2C)Cc2ccccc2O1. The monoisotopic (exact) mass is 485 g/mol. The number of carboxylic acid groups (broad SMARTS) is 1. The topological polar surface area (TPSA) is 49.8 Å². The molecule has 0 bridgehead atoms. The highest BCUT2D eigenvalue weighted by Crippen LogP contribution is 2.43. The fourth-order valence-electron chi connectivity index (χ4n) is 5.43. The largest absolute Gasteiger partial charge is 0.489 e. The third kappa shape index (κ3) is 5.34. The zero-order chi connectivity index (χ0) is 26.0. The van der Waals surface area contributed by atoms with Crippen LogP contribution < -0.4 is 4.74 Å². The van der Waals surface area contributed by atoms with E-state index in [9.17, 15) is 9.90 Å². The van der Waals surface area contributed by atoms with Crippen LogP contribution in [0.5, 0.6) is 5.75 Å². The lowest BCUT2D eigenvalue weighted by Crippen LogP contribution is -2.33. The third-order valence-corrected chi connectivity index (χ3v) is 7.69. The van der Waals surface area contributed by atoms with E-state index >= 15 is 0 Å². The van der Waals surface area contributed by atoms with Crippen LogP contribution in [0.15, 0.2) is 60.7 Å². The minimum atomic E-state index is -0.963. The van der Waals surface area contributed by atoms with Gasteiger partial charge in [0.25, 0.3) is 0 Å². The van der Waals surface area contributed by atoms with Crippen molar-refractivity contribution in [2.75, 3.05) is 6.54 Å². The van der Waals surface area contributed by atoms with Gasteiger partial charge in [0, 0.05) is 31.1 Å². The highest BCUT2D eigenvalue weighted by molar-refractivity contribution is 5.76. The Morgan fingerprint density at radius 3 is 2.50 bits per heavy atom. The molecule has 0 saturated carbocycles. The Morgan fingerprint density at radius 2 is 1.81 bits per heavy atom. The van der Waals surface area contributed by atoms with Crippen molar-refractivity contribution in [2.45, 2.75) is 73.1 Å². The summed E-state index contributed by atoms with van der Waals surface area (Å²) in [5, 5.41) is 10.2. The van der Waals surface area contributed by atoms with Crippen LogP contribution in [-0.2, 0) is 17.9 Å². The van der Waals surface area contributed by atoms with Crippen molar-refractivity contribution in [1.29, 1.82) is 0 Å². The second-order valence-electron chi connectivity index (χ2n) is 10.9. The summed E-state index contributed by atoms with van der Waals surface area (Å²) in [7, 11) is 0. The van der Waals surface area contributed by atoms with Gasteiger partial charge in [-0.15, -0.1) is 0 Å². The minimum absolute atomic E-state index is 0.144. The van der Waals surface area contributed by atoms with E-state index in [1.807, 2.05) is 19.9 Å². The summed E-state index contributed by atoms with van der Waals surface area (Å²) in [6.45, 7) is 14.6. The van der Waals surface area contributed by atoms with E-state index in [2.05, 4.69) is 87.2 Å². The predicted octanol–water partition coefficient (Wildman–Crippen LogP) is 7.03. The number of para-hydroxylation sites is 1. The first-order valence-electron chi connectivity index (χ1n) is 13.0. The van der Waals surface area contributed by atoms with Crippen LogP contribution in [0.4, 0.5) is 0 Å². The number of benzene rings is 3. The first-order chi connectivity index (χ1) is 17.1. The number of rotatable bonds is 7. The zero-order valence-corrected chi connectivity index (χ0v) is 22.5. The molecular weight excluding hydrogens is 446 g/mol. The fourth-order valence-corrected chi connectivity index (χ4v) is 5.43. The number of hydrogen-bond acceptors (Lipinski definition) is 3. The Morgan fingerprint density at radius 1 is 1.06 bits per heavy atom. The molecule has 190 valence electrons. The summed E-state index contributed by atoms with van der Waals surface area (Å²) in [6.07, 6.45) is 1.09. The molecule has 3 aromatic rings. The molecule has 4 rings (SSSR count). The van der Waals surface area contributed by atoms with Gasteiger partial charge in [-0.2, -0.15) is 0 Å². The molecule has 1 N–H and O–H groups in total. The maximum absolute atomic E-state index is 12.5. The number of aliphatic carboxylic acids is 1. The second-order valence-corrected chi connectivity index (χ2v) is 10.9. The van der Waals surface area contributed by atoms with Crippen LogP contribution in [0.1, 0.15) is 72.1 Å². The van der Waals surface area contributed by atoms with Crippen LogP contribution in [-0.4, -0.2) is 28.6 Å². The molecule has 1 aliphatic rings. The zero-order valence-electron chi connectivity index (χ0n) is 22.5. The summed E-state index contributed by atoms with van der Waals surface area (Å²) in [5.41, 5.74) is 7.14. The summed E-state index contributed by atoms with van der Waals surface area (Å²) < 4.78 is 6.31. The molecule has 1 heterocycles. The molecule has 4 heteroatoms. The average Bonchev–Trinajstić information content (AvgIpc) is 3.01. The molecule has 1 unspecified atom stereocenters. The molecule has 0 aromatic heterocycles. The standard InChI is InChI=1S/C32H39NO3/c1-7-27-20-33(18-25-10-8-9-11-29(25)36-27)19-26-17-24(14-13-22(26)3)30(32(5,6)31(34)35)28-15-12-21(2)16-23(28)4/h8-17,27,30H,7,18-20H2,1-6H3,(H,34,35)/t27-,30?/m1/s1. The van der Waals surface area contributed by atoms with Crippen LogP contribution >= 0.6 is 0 Å². The Labute approximate surface area is 215 Å². The van der Waals surface area contributed by atoms with Crippen LogP contribution in [0.25, 0.3) is 0 Å². The lowest BCUT2D eigenvalue weighted by molar-refractivity contribution is -0.147. The summed E-state index contributed by atoms with van der Waals surface area (Å²) in [5.74, 6) is -0.0661. The summed E-state index contributed by atoms with van der Waals surface area (Å²) >= 11 is 0. The van der Waals surface area contributed by atoms with Crippen molar-refractivity contribution in [2.24, 2.45) is 5.41 Å². The maximum Gasteiger partial charge on any atom is 0.310 e. The smallest absolute Gasteiger partial charge is 0.310 e. The normalized spacial score (nSPS) is 17.1. The van der Waals surface area contributed by atoms with Crippen molar-refractivity contribution in [3.8, 4) is 5.75 Å². The quantitative estimate of drug-likeness (QED) is 0.390. The van der Waals surface area contributed by atoms with Gasteiger partial charge in [-0.1, -0.05) is 67.1 Å². The number of hydrogen-bond donors (Lipinski definition) is 1. The fraction of sp³-hybridized carbons (Fsp3) is 0.406. The number of aryl methyl sites for hydroxylation is 3. The molecule has 0 spiro atoms. The molecule has 0 amide bonds. The van der Waals surface area contributed by atoms with E-state index in [4.69, 9.17) is 4.74 Å². The highest BCUT2D eigenvalue weighted by Gasteiger charge is 2.39. The number of ether oxygens (including phenoxy) is 1. The van der Waals surface area contributed by atoms with Gasteiger partial charge in [-0.05, 0) is 74.9 Å². The maximum atomic E-state index is 12.5. The Balaban J connectivity index is 1.73. The predicted molar refractivity (Wildman–Crippen MR) is 146 cm³/mol. The molecule has 0 fully saturated rings. The van der Waals surface area contributed by atoms with Gasteiger partial charge in [0.2, 0.25) is 0 Å². The molecule has 2 atom stereocenters. The average molecular weight is 486 g/mol. The molecule has 0 aliphatic carbocycles. The van der Waals surface area contributed by atoms with Gasteiger partial charge in [-0.3, -0.25) is 9.69 Å². The van der Waals surface area contributed by atoms with Crippen molar-refractivity contribution in [3.05, 3.63) is 99.6 Å². The minimum Gasteiger partial charge on any atom is -0.489 e. The van der Waals surface area contributed by atoms with Crippen LogP contribution in [0, 0.1) is 26.2 Å². The van der Waals surface area contributed by atoms with E-state index in [0.717, 1.165) is 48.5 Å². The number of nitrogens with zero attached hydrogens (tertiary/aromatic N) is 1. The lowest BCUT2D eigenvalue weighted by atomic mass is 9.69. The third-order valence-electron chi connectivity index (χ3n) is 7.69. The van der Waals surface area contributed by atoms with Gasteiger partial charge < -0.3 is 9.84 Å². The first-order valence-corrected chi connectivity index (χ1v) is 13.0. The van der Waals surface area contributed by atoms with E-state index in [1.54, 1.807) is 0 Å². The van der Waals surface area contributed by atoms with E-state index in [-0.39, 0.29) is 12.0 Å². The van der Waals surface area contributed by atoms with Crippen molar-refractivity contribution >= 4 is 5.97 Å². The lowest BCUT2D eigenvalue weighted by Gasteiger charge is -2.33. The van der Waals surface area contributed by atoms with Crippen molar-refractivity contribution in [3.63, 3.8) is 0 Å². The molecule has 3 aromatic carbocycles.